The molecule has 0 rings (SSSR count). The second-order valence-corrected chi connectivity index (χ2v) is 2.19. The maximum atomic E-state index is 10.5. The minimum Gasteiger partial charge on any atom is -0.378 e. The van der Waals surface area contributed by atoms with Gasteiger partial charge in [0, 0.05) is 25.9 Å². The Kier molecular flexibility index (Phi) is 3.87. The van der Waals surface area contributed by atoms with Crippen molar-refractivity contribution in [2.24, 2.45) is 10.7 Å². The van der Waals surface area contributed by atoms with E-state index in [1.54, 1.807) is 0 Å². The van der Waals surface area contributed by atoms with Crippen LogP contribution in [0.5, 0.6) is 0 Å². The number of amidine groups is 1. The van der Waals surface area contributed by atoms with E-state index < -0.39 is 0 Å². The molecule has 0 aromatic heterocycles. The number of rotatable bonds is 0. The summed E-state index contributed by atoms with van der Waals surface area (Å²) in [6.07, 6.45) is 0. The van der Waals surface area contributed by atoms with E-state index in [-0.39, 0.29) is 10.4 Å². The summed E-state index contributed by atoms with van der Waals surface area (Å²) >= 11 is 0.877. The van der Waals surface area contributed by atoms with Gasteiger partial charge in [0.05, 0.1) is 0 Å². The van der Waals surface area contributed by atoms with E-state index in [0.717, 1.165) is 11.8 Å². The summed E-state index contributed by atoms with van der Waals surface area (Å²) in [4.78, 5) is 14.0. The highest BCUT2D eigenvalue weighted by atomic mass is 32.2. The number of hydrogen-bond acceptors (Lipinski definition) is 3. The van der Waals surface area contributed by atoms with Gasteiger partial charge < -0.3 is 11.1 Å². The Morgan fingerprint density at radius 2 is 2.33 bits per heavy atom. The molecule has 0 aromatic rings. The van der Waals surface area contributed by atoms with Crippen LogP contribution < -0.4 is 11.1 Å². The first-order chi connectivity index (χ1) is 4.20. The molecule has 5 heteroatoms. The number of amides is 1. The first kappa shape index (κ1) is 8.29. The zero-order valence-corrected chi connectivity index (χ0v) is 6.16. The molecule has 52 valence electrons. The molecule has 4 nitrogen and oxygen atoms in total. The quantitative estimate of drug-likeness (QED) is 0.374. The van der Waals surface area contributed by atoms with Gasteiger partial charge in [-0.25, -0.2) is 0 Å². The number of nitrogens with two attached hydrogens (primary N) is 1. The van der Waals surface area contributed by atoms with Crippen molar-refractivity contribution in [3.05, 3.63) is 0 Å². The number of aliphatic imine (C=N–C) groups is 1. The standard InChI is InChI=1S/C4H9N3OS/c1-6-3(5)9-4(8)7-2/h1-2H3,(H2,5,6)(H,7,8). The molecule has 0 aliphatic rings. The van der Waals surface area contributed by atoms with Crippen LogP contribution in [0.25, 0.3) is 0 Å². The van der Waals surface area contributed by atoms with Crippen LogP contribution in [0.15, 0.2) is 4.99 Å². The van der Waals surface area contributed by atoms with Gasteiger partial charge in [0.25, 0.3) is 5.24 Å². The minimum atomic E-state index is -0.196. The fourth-order valence-corrected chi connectivity index (χ4v) is 0.575. The molecule has 0 aliphatic carbocycles. The Labute approximate surface area is 57.9 Å². The Balaban J connectivity index is 3.60. The average molecular weight is 147 g/mol. The lowest BCUT2D eigenvalue weighted by atomic mass is 11.2. The second kappa shape index (κ2) is 4.20. The Bertz CT molecular complexity index is 134. The van der Waals surface area contributed by atoms with Crippen molar-refractivity contribution in [1.29, 1.82) is 0 Å². The van der Waals surface area contributed by atoms with Crippen molar-refractivity contribution in [1.82, 2.24) is 5.32 Å². The molecule has 0 fully saturated rings. The van der Waals surface area contributed by atoms with Crippen molar-refractivity contribution < 1.29 is 4.79 Å². The van der Waals surface area contributed by atoms with Crippen LogP contribution >= 0.6 is 11.8 Å². The number of thioether (sulfide) groups is 1. The second-order valence-electron chi connectivity index (χ2n) is 1.20. The van der Waals surface area contributed by atoms with E-state index in [4.69, 9.17) is 5.73 Å². The van der Waals surface area contributed by atoms with Crippen LogP contribution in [0.3, 0.4) is 0 Å². The van der Waals surface area contributed by atoms with E-state index in [0.29, 0.717) is 0 Å². The van der Waals surface area contributed by atoms with Crippen LogP contribution in [0.2, 0.25) is 0 Å². The van der Waals surface area contributed by atoms with Gasteiger partial charge in [-0.15, -0.1) is 0 Å². The van der Waals surface area contributed by atoms with E-state index in [2.05, 4.69) is 10.3 Å². The van der Waals surface area contributed by atoms with Gasteiger partial charge in [-0.2, -0.15) is 0 Å². The van der Waals surface area contributed by atoms with Crippen molar-refractivity contribution in [2.45, 2.75) is 0 Å². The first-order valence-corrected chi connectivity index (χ1v) is 3.14. The van der Waals surface area contributed by atoms with Crippen molar-refractivity contribution in [3.63, 3.8) is 0 Å². The predicted molar refractivity (Wildman–Crippen MR) is 39.6 cm³/mol. The Morgan fingerprint density at radius 1 is 1.78 bits per heavy atom. The van der Waals surface area contributed by atoms with Gasteiger partial charge in [0.2, 0.25) is 0 Å². The monoisotopic (exact) mass is 147 g/mol. The zero-order valence-electron chi connectivity index (χ0n) is 5.34. The lowest BCUT2D eigenvalue weighted by Gasteiger charge is -1.94. The Morgan fingerprint density at radius 3 is 2.67 bits per heavy atom. The molecule has 0 saturated carbocycles. The fraction of sp³-hybridized carbons (Fsp3) is 0.500. The third-order valence-corrected chi connectivity index (χ3v) is 1.40. The van der Waals surface area contributed by atoms with E-state index in [1.165, 1.54) is 14.1 Å². The average Bonchev–Trinajstić information content (AvgIpc) is 1.87. The molecular weight excluding hydrogens is 138 g/mol. The molecule has 1 amide bonds. The molecule has 0 heterocycles. The topological polar surface area (TPSA) is 67.5 Å². The number of carbonyl (C=O) groups excluding carboxylic acids is 1. The molecule has 0 saturated heterocycles. The van der Waals surface area contributed by atoms with Gasteiger partial charge in [0.1, 0.15) is 0 Å². The number of carbonyl (C=O) groups is 1. The lowest BCUT2D eigenvalue weighted by molar-refractivity contribution is 0.262. The summed E-state index contributed by atoms with van der Waals surface area (Å²) < 4.78 is 0. The van der Waals surface area contributed by atoms with Crippen LogP contribution in [-0.2, 0) is 0 Å². The van der Waals surface area contributed by atoms with Crippen molar-refractivity contribution in [3.8, 4) is 0 Å². The summed E-state index contributed by atoms with van der Waals surface area (Å²) in [5, 5.41) is 2.47. The summed E-state index contributed by atoms with van der Waals surface area (Å²) in [7, 11) is 3.07. The van der Waals surface area contributed by atoms with Crippen molar-refractivity contribution in [2.75, 3.05) is 14.1 Å². The molecule has 0 unspecified atom stereocenters. The zero-order chi connectivity index (χ0) is 7.28. The number of nitrogens with one attached hydrogen (secondary N) is 1. The third kappa shape index (κ3) is 3.84. The number of nitrogens with zero attached hydrogens (tertiary/aromatic N) is 1. The summed E-state index contributed by atoms with van der Waals surface area (Å²) in [5.41, 5.74) is 5.20. The van der Waals surface area contributed by atoms with E-state index in [1.807, 2.05) is 0 Å². The SMILES string of the molecule is CN=C(N)SC(=O)NC. The van der Waals surface area contributed by atoms with Crippen LogP contribution in [0.1, 0.15) is 0 Å². The lowest BCUT2D eigenvalue weighted by Crippen LogP contribution is -2.17. The predicted octanol–water partition coefficient (Wildman–Crippen LogP) is 0.00350. The molecule has 9 heavy (non-hydrogen) atoms. The van der Waals surface area contributed by atoms with Gasteiger partial charge in [-0.3, -0.25) is 9.79 Å². The molecule has 0 spiro atoms. The highest BCUT2D eigenvalue weighted by Gasteiger charge is 1.99. The van der Waals surface area contributed by atoms with Crippen LogP contribution in [-0.4, -0.2) is 24.5 Å². The molecule has 0 radical (unpaired) electrons. The Hall–Kier alpha value is -0.710. The number of hydrogen-bond donors (Lipinski definition) is 2. The smallest absolute Gasteiger partial charge is 0.286 e. The molecule has 3 N–H and O–H groups in total. The summed E-state index contributed by atoms with van der Waals surface area (Å²) in [5.74, 6) is 0. The maximum absolute atomic E-state index is 10.5. The van der Waals surface area contributed by atoms with E-state index in [9.17, 15) is 4.79 Å². The minimum absolute atomic E-state index is 0.196. The summed E-state index contributed by atoms with van der Waals surface area (Å²) in [6.45, 7) is 0. The molecule has 0 aromatic carbocycles. The summed E-state index contributed by atoms with van der Waals surface area (Å²) in [6, 6.07) is 0. The first-order valence-electron chi connectivity index (χ1n) is 2.32. The van der Waals surface area contributed by atoms with E-state index >= 15 is 0 Å². The third-order valence-electron chi connectivity index (χ3n) is 0.622. The molecular formula is C4H9N3OS. The van der Waals surface area contributed by atoms with Gasteiger partial charge in [-0.1, -0.05) is 0 Å². The van der Waals surface area contributed by atoms with Crippen LogP contribution in [0.4, 0.5) is 4.79 Å². The molecule has 0 atom stereocenters. The largest absolute Gasteiger partial charge is 0.378 e. The fourth-order valence-electron chi connectivity index (χ4n) is 0.192. The molecule has 0 bridgehead atoms. The van der Waals surface area contributed by atoms with Gasteiger partial charge >= 0.3 is 0 Å². The van der Waals surface area contributed by atoms with Gasteiger partial charge in [-0.05, 0) is 0 Å². The highest BCUT2D eigenvalue weighted by molar-refractivity contribution is 8.26. The van der Waals surface area contributed by atoms with Crippen molar-refractivity contribution >= 4 is 22.2 Å². The highest BCUT2D eigenvalue weighted by Crippen LogP contribution is 1.98. The maximum Gasteiger partial charge on any atom is 0.286 e. The molecule has 0 aliphatic heterocycles. The van der Waals surface area contributed by atoms with Crippen LogP contribution in [0, 0.1) is 0 Å². The van der Waals surface area contributed by atoms with Gasteiger partial charge in [0.15, 0.2) is 5.17 Å². The normalized spacial score (nSPS) is 11.1.